The van der Waals surface area contributed by atoms with E-state index in [0.717, 1.165) is 0 Å². The number of aromatic hydroxyl groups is 2. The molecule has 0 aromatic heterocycles. The Hall–Kier alpha value is -2.67. The predicted octanol–water partition coefficient (Wildman–Crippen LogP) is 1.33. The van der Waals surface area contributed by atoms with Crippen LogP contribution >= 0.6 is 12.2 Å². The number of rotatable bonds is 0. The van der Waals surface area contributed by atoms with Crippen LogP contribution in [0.4, 0.5) is 0 Å². The molecule has 1 spiro atoms. The van der Waals surface area contributed by atoms with Gasteiger partial charge in [-0.3, -0.25) is 0 Å². The van der Waals surface area contributed by atoms with Crippen LogP contribution in [0.5, 0.6) is 23.0 Å². The molecule has 0 saturated heterocycles. The van der Waals surface area contributed by atoms with Crippen molar-refractivity contribution in [2.75, 3.05) is 0 Å². The van der Waals surface area contributed by atoms with Crippen molar-refractivity contribution in [2.45, 2.75) is 5.60 Å². The first kappa shape index (κ1) is 21.0. The molecule has 2 N–H and O–H groups in total. The van der Waals surface area contributed by atoms with Crippen LogP contribution < -0.4 is 34.3 Å². The molecule has 8 heteroatoms. The van der Waals surface area contributed by atoms with Gasteiger partial charge in [-0.15, -0.1) is 0 Å². The summed E-state index contributed by atoms with van der Waals surface area (Å²) in [4.78, 5) is 12.5. The molecule has 138 valence electrons. The first-order valence-corrected chi connectivity index (χ1v) is 8.61. The Morgan fingerprint density at radius 2 is 1.41 bits per heavy atom. The van der Waals surface area contributed by atoms with Gasteiger partial charge in [0, 0.05) is 28.8 Å². The van der Waals surface area contributed by atoms with Crippen molar-refractivity contribution in [2.24, 2.45) is 0 Å². The summed E-state index contributed by atoms with van der Waals surface area (Å²) in [5.41, 5.74) is 1.28. The Labute approximate surface area is 193 Å². The van der Waals surface area contributed by atoms with E-state index in [0.29, 0.717) is 33.8 Å². The van der Waals surface area contributed by atoms with Crippen LogP contribution in [0.2, 0.25) is 0 Å². The number of phenols is 2. The van der Waals surface area contributed by atoms with Crippen molar-refractivity contribution < 1.29 is 54.0 Å². The molecule has 0 radical (unpaired) electrons. The molecule has 0 saturated carbocycles. The molecule has 0 aliphatic carbocycles. The number of fused-ring (bicyclic) bond motifs is 6. The Morgan fingerprint density at radius 3 is 1.97 bits per heavy atom. The van der Waals surface area contributed by atoms with E-state index in [1.54, 1.807) is 24.3 Å². The van der Waals surface area contributed by atoms with Crippen molar-refractivity contribution in [3.05, 3.63) is 88.3 Å². The van der Waals surface area contributed by atoms with Crippen molar-refractivity contribution in [1.82, 2.24) is 0 Å². The molecular formula is C21H12NNaO5S. The molecule has 6 nitrogen and oxygen atoms in total. The quantitative estimate of drug-likeness (QED) is 0.250. The number of carbonyl (C=O) groups excluding carboxylic acids is 1. The van der Waals surface area contributed by atoms with Crippen LogP contribution in [0.15, 0.2) is 60.7 Å². The van der Waals surface area contributed by atoms with Gasteiger partial charge >= 0.3 is 35.5 Å². The number of hydrogen-bond acceptors (Lipinski definition) is 6. The summed E-state index contributed by atoms with van der Waals surface area (Å²) in [7, 11) is 0. The van der Waals surface area contributed by atoms with Crippen LogP contribution in [-0.2, 0) is 10.3 Å². The Bertz CT molecular complexity index is 1110. The third-order valence-corrected chi connectivity index (χ3v) is 4.68. The second kappa shape index (κ2) is 7.99. The number of esters is 1. The second-order valence-corrected chi connectivity index (χ2v) is 6.35. The third-order valence-electron chi connectivity index (χ3n) is 4.68. The molecule has 0 unspecified atom stereocenters. The molecule has 0 atom stereocenters. The summed E-state index contributed by atoms with van der Waals surface area (Å²) in [5, 5.41) is 28.1. The molecule has 0 amide bonds. The molecule has 3 aromatic rings. The number of nitrogens with zero attached hydrogens (tertiary/aromatic N) is 1. The number of phenolic OH excluding ortho intramolecular Hbond substituents is 2. The van der Waals surface area contributed by atoms with E-state index < -0.39 is 11.6 Å². The zero-order valence-corrected chi connectivity index (χ0v) is 18.1. The first-order valence-electron chi connectivity index (χ1n) is 8.20. The van der Waals surface area contributed by atoms with Crippen molar-refractivity contribution in [3.8, 4) is 23.0 Å². The van der Waals surface area contributed by atoms with Gasteiger partial charge in [0.2, 0.25) is 0 Å². The van der Waals surface area contributed by atoms with Gasteiger partial charge in [-0.2, -0.15) is 5.16 Å². The molecule has 2 aliphatic rings. The average molecular weight is 413 g/mol. The van der Waals surface area contributed by atoms with Crippen LogP contribution in [0, 0.1) is 0 Å². The van der Waals surface area contributed by atoms with E-state index in [1.165, 1.54) is 29.4 Å². The van der Waals surface area contributed by atoms with Crippen LogP contribution in [0.25, 0.3) is 5.41 Å². The maximum atomic E-state index is 12.5. The molecule has 0 bridgehead atoms. The molecular weight excluding hydrogens is 401 g/mol. The summed E-state index contributed by atoms with van der Waals surface area (Å²) < 4.78 is 11.8. The van der Waals surface area contributed by atoms with Gasteiger partial charge in [-0.25, -0.2) is 4.79 Å². The van der Waals surface area contributed by atoms with E-state index >= 15 is 0 Å². The van der Waals surface area contributed by atoms with E-state index in [2.05, 4.69) is 12.2 Å². The summed E-state index contributed by atoms with van der Waals surface area (Å²) in [5.74, 6) is 0.408. The fourth-order valence-corrected chi connectivity index (χ4v) is 3.65. The zero-order chi connectivity index (χ0) is 19.9. The summed E-state index contributed by atoms with van der Waals surface area (Å²) in [6.45, 7) is 0. The maximum Gasteiger partial charge on any atom is 1.00 e. The Morgan fingerprint density at radius 1 is 0.897 bits per heavy atom. The molecule has 5 rings (SSSR count). The van der Waals surface area contributed by atoms with Crippen molar-refractivity contribution in [3.63, 3.8) is 0 Å². The molecule has 0 fully saturated rings. The van der Waals surface area contributed by atoms with E-state index in [4.69, 9.17) is 14.9 Å². The van der Waals surface area contributed by atoms with E-state index in [1.807, 2.05) is 12.1 Å². The number of carbonyl (C=O) groups is 1. The van der Waals surface area contributed by atoms with Crippen LogP contribution in [-0.4, -0.2) is 21.3 Å². The number of thiocarbonyl (C=S) groups is 1. The van der Waals surface area contributed by atoms with Gasteiger partial charge in [0.1, 0.15) is 23.0 Å². The molecule has 29 heavy (non-hydrogen) atoms. The minimum atomic E-state index is -1.17. The minimum absolute atomic E-state index is 0. The topological polar surface area (TPSA) is 98.3 Å². The second-order valence-electron chi connectivity index (χ2n) is 6.17. The SMILES string of the molecule is O=C1OC2(c3ccc(O)cc3Oc3cc(O)ccc32)c2ccccc21.[N-]=C=S.[Na+]. The van der Waals surface area contributed by atoms with Gasteiger partial charge in [0.25, 0.3) is 0 Å². The van der Waals surface area contributed by atoms with Crippen LogP contribution in [0.1, 0.15) is 27.0 Å². The summed E-state index contributed by atoms with van der Waals surface area (Å²) >= 11 is 3.70. The number of hydrogen-bond donors (Lipinski definition) is 2. The number of isothiocyanates is 1. The summed E-state index contributed by atoms with van der Waals surface area (Å²) in [6, 6.07) is 16.6. The van der Waals surface area contributed by atoms with Gasteiger partial charge in [-0.05, 0) is 30.3 Å². The Kier molecular flexibility index (Phi) is 5.80. The fraction of sp³-hybridized carbons (Fsp3) is 0.0476. The van der Waals surface area contributed by atoms with Crippen LogP contribution in [0.3, 0.4) is 0 Å². The predicted molar refractivity (Wildman–Crippen MR) is 104 cm³/mol. The molecule has 2 heterocycles. The third kappa shape index (κ3) is 3.23. The maximum absolute atomic E-state index is 12.5. The molecule has 2 aliphatic heterocycles. The average Bonchev–Trinajstić information content (AvgIpc) is 2.96. The minimum Gasteiger partial charge on any atom is -0.753 e. The van der Waals surface area contributed by atoms with Gasteiger partial charge in [0.15, 0.2) is 5.60 Å². The molecule has 3 aromatic carbocycles. The smallest absolute Gasteiger partial charge is 0.753 e. The van der Waals surface area contributed by atoms with E-state index in [-0.39, 0.29) is 41.1 Å². The van der Waals surface area contributed by atoms with Crippen molar-refractivity contribution >= 4 is 23.3 Å². The van der Waals surface area contributed by atoms with E-state index in [9.17, 15) is 15.0 Å². The van der Waals surface area contributed by atoms with Gasteiger partial charge in [-0.1, -0.05) is 30.4 Å². The normalized spacial score (nSPS) is 13.9. The van der Waals surface area contributed by atoms with Gasteiger partial charge in [0.05, 0.1) is 5.56 Å². The monoisotopic (exact) mass is 413 g/mol. The first-order chi connectivity index (χ1) is 13.5. The van der Waals surface area contributed by atoms with Gasteiger partial charge < -0.3 is 25.1 Å². The number of ether oxygens (including phenoxy) is 2. The standard InChI is InChI=1S/C20H12O5.CNS.Na/c21-11-5-7-15-17(9-11)24-18-10-12(22)6-8-16(18)20(15)14-4-2-1-3-13(14)19(23)25-20;2-1-3;/h1-10,21-22H;;/q;-1;+1. The largest absolute Gasteiger partial charge is 1.00 e. The van der Waals surface area contributed by atoms with Crippen molar-refractivity contribution in [1.29, 1.82) is 0 Å². The summed E-state index contributed by atoms with van der Waals surface area (Å²) in [6.07, 6.45) is 0. The Balaban J connectivity index is 0.000000568. The fourth-order valence-electron chi connectivity index (χ4n) is 3.65. The number of benzene rings is 3. The zero-order valence-electron chi connectivity index (χ0n) is 15.2.